The number of carbonyl (C=O) groups is 1. The van der Waals surface area contributed by atoms with Crippen LogP contribution >= 0.6 is 0 Å². The molecule has 166 valence electrons. The van der Waals surface area contributed by atoms with E-state index < -0.39 is 0 Å². The first kappa shape index (κ1) is 22.9. The van der Waals surface area contributed by atoms with E-state index >= 15 is 0 Å². The first-order valence-electron chi connectivity index (χ1n) is 12.9. The third kappa shape index (κ3) is 5.10. The predicted octanol–water partition coefficient (Wildman–Crippen LogP) is 8.15. The van der Waals surface area contributed by atoms with Crippen LogP contribution in [0.15, 0.2) is 12.2 Å². The van der Waals surface area contributed by atoms with Crippen molar-refractivity contribution in [3.05, 3.63) is 12.2 Å². The number of ether oxygens (including phenoxy) is 1. The summed E-state index contributed by atoms with van der Waals surface area (Å²) in [6.45, 7) is 8.33. The third-order valence-corrected chi connectivity index (χ3v) is 8.68. The van der Waals surface area contributed by atoms with E-state index in [1.54, 1.807) is 0 Å². The SMILES string of the molecule is C=C(C)C(=O)OC(C1CCCCCC1)(C1CCCCCC1)C1(C)CCCCCC1. The summed E-state index contributed by atoms with van der Waals surface area (Å²) in [5, 5.41) is 0. The number of esters is 1. The van der Waals surface area contributed by atoms with Gasteiger partial charge in [0.1, 0.15) is 5.60 Å². The fourth-order valence-corrected chi connectivity index (χ4v) is 7.17. The maximum absolute atomic E-state index is 13.2. The van der Waals surface area contributed by atoms with E-state index in [1.807, 2.05) is 6.92 Å². The van der Waals surface area contributed by atoms with Crippen LogP contribution in [0.25, 0.3) is 0 Å². The van der Waals surface area contributed by atoms with Crippen molar-refractivity contribution in [1.82, 2.24) is 0 Å². The molecule has 0 spiro atoms. The third-order valence-electron chi connectivity index (χ3n) is 8.68. The molecule has 2 nitrogen and oxygen atoms in total. The molecule has 0 radical (unpaired) electrons. The second-order valence-electron chi connectivity index (χ2n) is 10.8. The highest BCUT2D eigenvalue weighted by molar-refractivity contribution is 5.87. The molecule has 2 heteroatoms. The molecule has 0 N–H and O–H groups in total. The average molecular weight is 403 g/mol. The molecule has 3 rings (SSSR count). The first-order valence-corrected chi connectivity index (χ1v) is 12.9. The summed E-state index contributed by atoms with van der Waals surface area (Å²) in [5.41, 5.74) is 0.398. The molecule has 0 amide bonds. The van der Waals surface area contributed by atoms with Crippen molar-refractivity contribution >= 4 is 5.97 Å². The zero-order valence-corrected chi connectivity index (χ0v) is 19.4. The maximum Gasteiger partial charge on any atom is 0.333 e. The van der Waals surface area contributed by atoms with E-state index in [0.717, 1.165) is 0 Å². The molecule has 29 heavy (non-hydrogen) atoms. The van der Waals surface area contributed by atoms with Gasteiger partial charge in [0, 0.05) is 11.0 Å². The normalized spacial score (nSPS) is 25.4. The van der Waals surface area contributed by atoms with Crippen LogP contribution in [0.4, 0.5) is 0 Å². The number of hydrogen-bond donors (Lipinski definition) is 0. The van der Waals surface area contributed by atoms with Gasteiger partial charge in [0.2, 0.25) is 0 Å². The van der Waals surface area contributed by atoms with Crippen LogP contribution in [-0.2, 0) is 9.53 Å². The highest BCUT2D eigenvalue weighted by Gasteiger charge is 2.59. The number of hydrogen-bond acceptors (Lipinski definition) is 2. The van der Waals surface area contributed by atoms with Gasteiger partial charge >= 0.3 is 5.97 Å². The highest BCUT2D eigenvalue weighted by Crippen LogP contribution is 2.58. The van der Waals surface area contributed by atoms with Crippen LogP contribution in [0, 0.1) is 17.3 Å². The molecule has 3 aliphatic carbocycles. The van der Waals surface area contributed by atoms with Crippen molar-refractivity contribution in [2.24, 2.45) is 17.3 Å². The summed E-state index contributed by atoms with van der Waals surface area (Å²) in [7, 11) is 0. The minimum absolute atomic E-state index is 0.110. The van der Waals surface area contributed by atoms with Crippen molar-refractivity contribution in [1.29, 1.82) is 0 Å². The lowest BCUT2D eigenvalue weighted by Gasteiger charge is -2.56. The molecule has 0 unspecified atom stereocenters. The summed E-state index contributed by atoms with van der Waals surface area (Å²) in [6.07, 6.45) is 23.3. The van der Waals surface area contributed by atoms with Gasteiger partial charge < -0.3 is 4.74 Å². The zero-order valence-electron chi connectivity index (χ0n) is 19.4. The summed E-state index contributed by atoms with van der Waals surface area (Å²) in [6, 6.07) is 0. The van der Waals surface area contributed by atoms with Gasteiger partial charge in [-0.2, -0.15) is 0 Å². The summed E-state index contributed by atoms with van der Waals surface area (Å²) in [5.74, 6) is 0.933. The minimum Gasteiger partial charge on any atom is -0.455 e. The lowest BCUT2D eigenvalue weighted by molar-refractivity contribution is -0.210. The van der Waals surface area contributed by atoms with E-state index in [0.29, 0.717) is 17.4 Å². The minimum atomic E-state index is -0.290. The van der Waals surface area contributed by atoms with E-state index in [1.165, 1.54) is 116 Å². The van der Waals surface area contributed by atoms with Crippen LogP contribution in [0.1, 0.15) is 129 Å². The van der Waals surface area contributed by atoms with E-state index in [2.05, 4.69) is 13.5 Å². The monoisotopic (exact) mass is 402 g/mol. The fourth-order valence-electron chi connectivity index (χ4n) is 7.17. The van der Waals surface area contributed by atoms with Gasteiger partial charge in [-0.3, -0.25) is 0 Å². The van der Waals surface area contributed by atoms with Crippen molar-refractivity contribution in [2.45, 2.75) is 135 Å². The van der Waals surface area contributed by atoms with Crippen LogP contribution in [0.2, 0.25) is 0 Å². The van der Waals surface area contributed by atoms with Gasteiger partial charge in [-0.05, 0) is 57.3 Å². The molecule has 0 heterocycles. The average Bonchev–Trinajstić information content (AvgIpc) is 3.21. The van der Waals surface area contributed by atoms with Gasteiger partial charge in [-0.1, -0.05) is 90.6 Å². The second-order valence-corrected chi connectivity index (χ2v) is 10.8. The molecule has 0 aliphatic heterocycles. The zero-order chi connectivity index (χ0) is 20.7. The molecule has 3 saturated carbocycles. The van der Waals surface area contributed by atoms with Gasteiger partial charge in [0.25, 0.3) is 0 Å². The van der Waals surface area contributed by atoms with E-state index in [-0.39, 0.29) is 17.0 Å². The Balaban J connectivity index is 2.09. The summed E-state index contributed by atoms with van der Waals surface area (Å²) in [4.78, 5) is 13.2. The van der Waals surface area contributed by atoms with E-state index in [9.17, 15) is 4.79 Å². The Kier molecular flexibility index (Phi) is 8.28. The molecule has 0 bridgehead atoms. The van der Waals surface area contributed by atoms with Crippen LogP contribution in [-0.4, -0.2) is 11.6 Å². The predicted molar refractivity (Wildman–Crippen MR) is 122 cm³/mol. The molecule has 3 aliphatic rings. The van der Waals surface area contributed by atoms with Gasteiger partial charge in [-0.15, -0.1) is 0 Å². The van der Waals surface area contributed by atoms with Gasteiger partial charge in [-0.25, -0.2) is 4.79 Å². The highest BCUT2D eigenvalue weighted by atomic mass is 16.6. The largest absolute Gasteiger partial charge is 0.455 e. The topological polar surface area (TPSA) is 26.3 Å². The summed E-state index contributed by atoms with van der Waals surface area (Å²) < 4.78 is 6.85. The van der Waals surface area contributed by atoms with Crippen LogP contribution in [0.3, 0.4) is 0 Å². The first-order chi connectivity index (χ1) is 14.0. The molecule has 3 fully saturated rings. The lowest BCUT2D eigenvalue weighted by Crippen LogP contribution is -2.60. The Hall–Kier alpha value is -0.790. The Morgan fingerprint density at radius 3 is 1.52 bits per heavy atom. The molecule has 0 aromatic heterocycles. The van der Waals surface area contributed by atoms with Crippen molar-refractivity contribution in [3.8, 4) is 0 Å². The molecule has 0 aromatic carbocycles. The van der Waals surface area contributed by atoms with Crippen molar-refractivity contribution < 1.29 is 9.53 Å². The Labute approximate surface area is 180 Å². The summed E-state index contributed by atoms with van der Waals surface area (Å²) >= 11 is 0. The molecular formula is C27H46O2. The van der Waals surface area contributed by atoms with Crippen molar-refractivity contribution in [3.63, 3.8) is 0 Å². The second kappa shape index (κ2) is 10.5. The van der Waals surface area contributed by atoms with Crippen molar-refractivity contribution in [2.75, 3.05) is 0 Å². The molecular weight excluding hydrogens is 356 g/mol. The Morgan fingerprint density at radius 1 is 0.759 bits per heavy atom. The quantitative estimate of drug-likeness (QED) is 0.263. The Bertz CT molecular complexity index is 505. The van der Waals surface area contributed by atoms with Gasteiger partial charge in [0.15, 0.2) is 0 Å². The van der Waals surface area contributed by atoms with Crippen LogP contribution < -0.4 is 0 Å². The number of carbonyl (C=O) groups excluding carboxylic acids is 1. The van der Waals surface area contributed by atoms with Gasteiger partial charge in [0.05, 0.1) is 0 Å². The fraction of sp³-hybridized carbons (Fsp3) is 0.889. The number of rotatable bonds is 5. The smallest absolute Gasteiger partial charge is 0.333 e. The molecule has 0 aromatic rings. The lowest BCUT2D eigenvalue weighted by atomic mass is 9.55. The Morgan fingerprint density at radius 2 is 1.14 bits per heavy atom. The van der Waals surface area contributed by atoms with E-state index in [4.69, 9.17) is 4.74 Å². The van der Waals surface area contributed by atoms with Crippen LogP contribution in [0.5, 0.6) is 0 Å². The standard InChI is InChI=1S/C27H46O2/c1-22(2)25(28)29-27(23-16-10-4-5-11-17-23,24-18-12-6-7-13-19-24)26(3)20-14-8-9-15-21-26/h23-24H,1,4-21H2,2-3H3. The molecule has 0 atom stereocenters. The molecule has 0 saturated heterocycles. The maximum atomic E-state index is 13.2.